The van der Waals surface area contributed by atoms with Crippen molar-refractivity contribution >= 4 is 5.91 Å². The fourth-order valence-electron chi connectivity index (χ4n) is 5.50. The molecule has 39 heavy (non-hydrogen) atoms. The molecule has 1 aliphatic heterocycles. The second-order valence-corrected chi connectivity index (χ2v) is 12.7. The van der Waals surface area contributed by atoms with Gasteiger partial charge in [-0.1, -0.05) is 32.9 Å². The Labute approximate surface area is 231 Å². The third kappa shape index (κ3) is 7.70. The highest BCUT2D eigenvalue weighted by atomic mass is 19.1. The predicted molar refractivity (Wildman–Crippen MR) is 149 cm³/mol. The first-order chi connectivity index (χ1) is 18.3. The second-order valence-electron chi connectivity index (χ2n) is 12.7. The Hall–Kier alpha value is -2.71. The number of hydrogen-bond acceptors (Lipinski definition) is 6. The van der Waals surface area contributed by atoms with Crippen molar-refractivity contribution in [2.45, 2.75) is 110 Å². The highest BCUT2D eigenvalue weighted by Crippen LogP contribution is 2.52. The topological polar surface area (TPSA) is 92.7 Å². The van der Waals surface area contributed by atoms with Crippen LogP contribution in [0.1, 0.15) is 90.1 Å². The molecule has 3 N–H and O–H groups in total. The largest absolute Gasteiger partial charge is 0.481 e. The molecule has 2 heterocycles. The Balaban J connectivity index is 1.59. The third-order valence-corrected chi connectivity index (χ3v) is 7.41. The number of pyridine rings is 1. The molecule has 0 bridgehead atoms. The van der Waals surface area contributed by atoms with E-state index < -0.39 is 12.1 Å². The number of fused-ring (bicyclic) bond motifs is 1. The van der Waals surface area contributed by atoms with E-state index in [9.17, 15) is 14.3 Å². The number of aliphatic hydroxyl groups excluding tert-OH is 1. The maximum atomic E-state index is 13.4. The van der Waals surface area contributed by atoms with E-state index in [0.717, 1.165) is 48.9 Å². The summed E-state index contributed by atoms with van der Waals surface area (Å²) in [4.78, 5) is 16.8. The fourth-order valence-corrected chi connectivity index (χ4v) is 5.50. The van der Waals surface area contributed by atoms with Crippen LogP contribution in [0.5, 0.6) is 11.6 Å². The van der Waals surface area contributed by atoms with Crippen molar-refractivity contribution in [3.8, 4) is 11.6 Å². The van der Waals surface area contributed by atoms with Gasteiger partial charge in [0.05, 0.1) is 18.2 Å². The van der Waals surface area contributed by atoms with Gasteiger partial charge in [0.15, 0.2) is 5.75 Å². The molecular formula is C31H44FN3O4. The zero-order valence-corrected chi connectivity index (χ0v) is 24.1. The highest BCUT2D eigenvalue weighted by molar-refractivity contribution is 5.73. The normalized spacial score (nSPS) is 19.6. The summed E-state index contributed by atoms with van der Waals surface area (Å²) < 4.78 is 26.2. The lowest BCUT2D eigenvalue weighted by molar-refractivity contribution is -0.120. The number of amides is 1. The van der Waals surface area contributed by atoms with Gasteiger partial charge in [-0.25, -0.2) is 9.37 Å². The summed E-state index contributed by atoms with van der Waals surface area (Å²) in [6.07, 6.45) is 4.12. The Morgan fingerprint density at radius 3 is 2.51 bits per heavy atom. The van der Waals surface area contributed by atoms with Crippen molar-refractivity contribution < 1.29 is 23.8 Å². The van der Waals surface area contributed by atoms with E-state index in [1.165, 1.54) is 19.1 Å². The quantitative estimate of drug-likeness (QED) is 0.390. The van der Waals surface area contributed by atoms with Crippen LogP contribution in [0.4, 0.5) is 4.39 Å². The van der Waals surface area contributed by atoms with Crippen molar-refractivity contribution in [1.82, 2.24) is 15.6 Å². The molecule has 1 aromatic carbocycles. The van der Waals surface area contributed by atoms with Crippen molar-refractivity contribution in [3.63, 3.8) is 0 Å². The number of rotatable bonds is 10. The number of hydrogen-bond donors (Lipinski definition) is 3. The molecule has 1 saturated carbocycles. The molecule has 214 valence electrons. The van der Waals surface area contributed by atoms with Crippen LogP contribution in [-0.2, 0) is 17.6 Å². The number of ether oxygens (including phenoxy) is 2. The minimum Gasteiger partial charge on any atom is -0.481 e. The minimum absolute atomic E-state index is 0.0477. The second kappa shape index (κ2) is 11.8. The molecule has 8 heteroatoms. The molecule has 1 spiro atoms. The summed E-state index contributed by atoms with van der Waals surface area (Å²) in [6.45, 7) is 12.2. The van der Waals surface area contributed by atoms with Crippen molar-refractivity contribution in [2.75, 3.05) is 6.54 Å². The molecule has 1 aromatic heterocycles. The molecule has 7 nitrogen and oxygen atoms in total. The van der Waals surface area contributed by atoms with Gasteiger partial charge < -0.3 is 25.2 Å². The number of nitrogens with zero attached hydrogens (tertiary/aromatic N) is 1. The van der Waals surface area contributed by atoms with E-state index >= 15 is 0 Å². The SMILES string of the molecule is CC(=O)N[C@@H](Cc1ccc(F)cc1)[C@H](O)CN[C@@H]1CC2(CCC2)Oc2c1cc(CC(C)(C)C)nc2OC(C)C. The predicted octanol–water partition coefficient (Wildman–Crippen LogP) is 5.04. The molecule has 0 radical (unpaired) electrons. The Morgan fingerprint density at radius 2 is 1.95 bits per heavy atom. The van der Waals surface area contributed by atoms with E-state index in [1.54, 1.807) is 12.1 Å². The third-order valence-electron chi connectivity index (χ3n) is 7.41. The monoisotopic (exact) mass is 541 g/mol. The first-order valence-corrected chi connectivity index (χ1v) is 14.1. The summed E-state index contributed by atoms with van der Waals surface area (Å²) in [5, 5.41) is 17.7. The van der Waals surface area contributed by atoms with Gasteiger partial charge in [-0.05, 0) is 75.1 Å². The van der Waals surface area contributed by atoms with E-state index in [0.29, 0.717) is 18.1 Å². The van der Waals surface area contributed by atoms with Gasteiger partial charge in [-0.15, -0.1) is 0 Å². The first kappa shape index (κ1) is 29.3. The molecular weight excluding hydrogens is 497 g/mol. The van der Waals surface area contributed by atoms with Gasteiger partial charge in [-0.2, -0.15) is 0 Å². The number of nitrogens with one attached hydrogen (secondary N) is 2. The Kier molecular flexibility index (Phi) is 8.86. The summed E-state index contributed by atoms with van der Waals surface area (Å²) in [5.74, 6) is 0.692. The molecule has 1 fully saturated rings. The van der Waals surface area contributed by atoms with Crippen LogP contribution in [0, 0.1) is 11.2 Å². The van der Waals surface area contributed by atoms with E-state index in [2.05, 4.69) is 37.5 Å². The van der Waals surface area contributed by atoms with Gasteiger partial charge >= 0.3 is 0 Å². The molecule has 2 aliphatic rings. The van der Waals surface area contributed by atoms with Crippen molar-refractivity contribution in [3.05, 3.63) is 53.0 Å². The average molecular weight is 542 g/mol. The van der Waals surface area contributed by atoms with Gasteiger partial charge in [0, 0.05) is 37.2 Å². The zero-order valence-electron chi connectivity index (χ0n) is 24.1. The Morgan fingerprint density at radius 1 is 1.26 bits per heavy atom. The van der Waals surface area contributed by atoms with Crippen LogP contribution in [-0.4, -0.2) is 46.4 Å². The molecule has 1 amide bonds. The number of benzene rings is 1. The minimum atomic E-state index is -0.857. The highest BCUT2D eigenvalue weighted by Gasteiger charge is 2.47. The number of halogens is 1. The molecule has 0 unspecified atom stereocenters. The van der Waals surface area contributed by atoms with Gasteiger partial charge in [0.1, 0.15) is 11.4 Å². The standard InChI is InChI=1S/C31H44FN3O4/c1-19(2)38-29-28-24(15-23(35-29)16-30(4,5)6)26(17-31(39-28)12-7-13-31)33-18-27(37)25(34-20(3)36)14-21-8-10-22(32)11-9-21/h8-11,15,19,25-27,33,37H,7,12-14,16-18H2,1-6H3,(H,34,36)/t25-,26+,27+/m0/s1. The average Bonchev–Trinajstić information content (AvgIpc) is 2.80. The lowest BCUT2D eigenvalue weighted by atomic mass is 9.73. The van der Waals surface area contributed by atoms with E-state index in [1.807, 2.05) is 13.8 Å². The summed E-state index contributed by atoms with van der Waals surface area (Å²) in [7, 11) is 0. The molecule has 2 aromatic rings. The zero-order chi connectivity index (χ0) is 28.4. The molecule has 3 atom stereocenters. The summed E-state index contributed by atoms with van der Waals surface area (Å²) >= 11 is 0. The van der Waals surface area contributed by atoms with Crippen LogP contribution in [0.3, 0.4) is 0 Å². The number of carbonyl (C=O) groups is 1. The Bertz CT molecular complexity index is 1140. The first-order valence-electron chi connectivity index (χ1n) is 14.1. The van der Waals surface area contributed by atoms with Crippen LogP contribution < -0.4 is 20.1 Å². The smallest absolute Gasteiger partial charge is 0.257 e. The lowest BCUT2D eigenvalue weighted by Crippen LogP contribution is -2.52. The van der Waals surface area contributed by atoms with Crippen LogP contribution in [0.2, 0.25) is 0 Å². The number of carbonyl (C=O) groups excluding carboxylic acids is 1. The van der Waals surface area contributed by atoms with Gasteiger partial charge in [-0.3, -0.25) is 4.79 Å². The number of aliphatic hydroxyl groups is 1. The van der Waals surface area contributed by atoms with Crippen LogP contribution in [0.25, 0.3) is 0 Å². The number of aromatic nitrogens is 1. The maximum absolute atomic E-state index is 13.4. The maximum Gasteiger partial charge on any atom is 0.257 e. The van der Waals surface area contributed by atoms with Crippen LogP contribution >= 0.6 is 0 Å². The molecule has 4 rings (SSSR count). The van der Waals surface area contributed by atoms with Crippen LogP contribution in [0.15, 0.2) is 30.3 Å². The van der Waals surface area contributed by atoms with E-state index in [4.69, 9.17) is 14.5 Å². The molecule has 0 saturated heterocycles. The summed E-state index contributed by atoms with van der Waals surface area (Å²) in [6, 6.07) is 7.67. The lowest BCUT2D eigenvalue weighted by Gasteiger charge is -2.48. The van der Waals surface area contributed by atoms with Gasteiger partial charge in [0.25, 0.3) is 5.88 Å². The van der Waals surface area contributed by atoms with E-state index in [-0.39, 0.29) is 41.4 Å². The summed E-state index contributed by atoms with van der Waals surface area (Å²) in [5.41, 5.74) is 2.58. The fraction of sp³-hybridized carbons (Fsp3) is 0.613. The van der Waals surface area contributed by atoms with Crippen molar-refractivity contribution in [2.24, 2.45) is 5.41 Å². The van der Waals surface area contributed by atoms with Crippen molar-refractivity contribution in [1.29, 1.82) is 0 Å². The molecule has 1 aliphatic carbocycles. The van der Waals surface area contributed by atoms with Gasteiger partial charge in [0.2, 0.25) is 5.91 Å².